The number of carbonyl (C=O) groups is 11. The molecule has 5 N–H and O–H groups in total. The van der Waals surface area contributed by atoms with Gasteiger partial charge < -0.3 is 60.7 Å². The number of aliphatic hydroxyl groups is 1. The second-order valence-electron chi connectivity index (χ2n) is 27.6. The number of benzene rings is 1. The van der Waals surface area contributed by atoms with Crippen molar-refractivity contribution in [2.24, 2.45) is 41.4 Å². The Kier molecular flexibility index (Phi) is 30.0. The number of fused-ring (bicyclic) bond motifs is 1. The van der Waals surface area contributed by atoms with Crippen molar-refractivity contribution < 1.29 is 57.8 Å². The van der Waals surface area contributed by atoms with Crippen LogP contribution in [0.3, 0.4) is 0 Å². The summed E-state index contributed by atoms with van der Waals surface area (Å²) in [6, 6.07) is -5.01. The second kappa shape index (κ2) is 34.8. The standard InChI is InChI=1S/C66H110N12O12S/c1-24-44-62(86)72(17)34-52(79)73(18)46(29-35(2)3)59(83)71-53(39(10)11)65(89)74(19)47(30-36(4)5)58(82)67-42(15)57(81)68-43(16)61(85)75(20)48(31-37(6)7)63(87)76(21)49(32-38(8)9)64(88)77(22)54(40(12)13)66(90)78(23)55(60(84)70-44)56(80)41(14)33-51-69-45-27-25-26-28-50(45)91-51/h25-28,35-44,46-49,53-56,80H,24,29-34H2,1-23H3,(H,67,82)(H,68,81)(H,70,84)(H,71,83)/t41-,42+,43-,44+,46+,47+,48+,49+,53+,54+,55+,56-/m1/s1. The molecule has 1 aromatic carbocycles. The van der Waals surface area contributed by atoms with Crippen LogP contribution in [-0.2, 0) is 59.2 Å². The smallest absolute Gasteiger partial charge is 0.246 e. The van der Waals surface area contributed by atoms with Crippen LogP contribution < -0.4 is 21.3 Å². The van der Waals surface area contributed by atoms with Crippen LogP contribution in [0.25, 0.3) is 10.2 Å². The van der Waals surface area contributed by atoms with Gasteiger partial charge in [0, 0.05) is 55.8 Å². The molecule has 1 fully saturated rings. The van der Waals surface area contributed by atoms with E-state index in [2.05, 4.69) is 21.3 Å². The zero-order chi connectivity index (χ0) is 69.5. The Morgan fingerprint density at radius 3 is 1.44 bits per heavy atom. The molecule has 24 nitrogen and oxygen atoms in total. The van der Waals surface area contributed by atoms with Crippen LogP contribution in [0.15, 0.2) is 24.3 Å². The maximum absolute atomic E-state index is 15.4. The summed E-state index contributed by atoms with van der Waals surface area (Å²) in [6.45, 7) is 27.5. The van der Waals surface area contributed by atoms with Gasteiger partial charge in [0.2, 0.25) is 65.0 Å². The summed E-state index contributed by atoms with van der Waals surface area (Å²) in [6.07, 6.45) is -0.815. The molecule has 0 spiro atoms. The number of aliphatic hydroxyl groups excluding tert-OH is 1. The number of thiazole rings is 1. The van der Waals surface area contributed by atoms with Crippen LogP contribution in [0.1, 0.15) is 148 Å². The first-order chi connectivity index (χ1) is 42.2. The number of nitrogens with zero attached hydrogens (tertiary/aromatic N) is 8. The second-order valence-corrected chi connectivity index (χ2v) is 28.7. The number of para-hydroxylation sites is 1. The van der Waals surface area contributed by atoms with Crippen molar-refractivity contribution >= 4 is 86.5 Å². The molecule has 512 valence electrons. The molecule has 1 aliphatic heterocycles. The summed E-state index contributed by atoms with van der Waals surface area (Å²) >= 11 is 1.42. The molecule has 11 amide bonds. The van der Waals surface area contributed by atoms with Gasteiger partial charge in [-0.3, -0.25) is 52.7 Å². The van der Waals surface area contributed by atoms with E-state index in [9.17, 15) is 38.7 Å². The summed E-state index contributed by atoms with van der Waals surface area (Å²) < 4.78 is 0.910. The fourth-order valence-electron chi connectivity index (χ4n) is 11.6. The minimum Gasteiger partial charge on any atom is -0.390 e. The number of rotatable bonds is 15. The van der Waals surface area contributed by atoms with Crippen molar-refractivity contribution in [2.45, 2.75) is 216 Å². The number of amides is 11. The predicted molar refractivity (Wildman–Crippen MR) is 352 cm³/mol. The average molecular weight is 1300 g/mol. The van der Waals surface area contributed by atoms with E-state index in [-0.39, 0.29) is 62.2 Å². The van der Waals surface area contributed by atoms with Gasteiger partial charge in [-0.1, -0.05) is 109 Å². The van der Waals surface area contributed by atoms with Crippen molar-refractivity contribution in [3.8, 4) is 0 Å². The molecule has 25 heteroatoms. The normalized spacial score (nSPS) is 25.9. The molecule has 0 bridgehead atoms. The predicted octanol–water partition coefficient (Wildman–Crippen LogP) is 4.16. The number of nitrogens with one attached hydrogen (secondary N) is 4. The van der Waals surface area contributed by atoms with Crippen LogP contribution in [0.4, 0.5) is 0 Å². The van der Waals surface area contributed by atoms with Crippen molar-refractivity contribution in [3.63, 3.8) is 0 Å². The number of hydrogen-bond acceptors (Lipinski definition) is 14. The lowest BCUT2D eigenvalue weighted by atomic mass is 9.91. The monoisotopic (exact) mass is 1290 g/mol. The summed E-state index contributed by atoms with van der Waals surface area (Å²) in [7, 11) is 9.92. The third-order valence-electron chi connectivity index (χ3n) is 17.2. The van der Waals surface area contributed by atoms with Gasteiger partial charge >= 0.3 is 0 Å². The van der Waals surface area contributed by atoms with Gasteiger partial charge in [0.25, 0.3) is 0 Å². The van der Waals surface area contributed by atoms with E-state index < -0.39 is 156 Å². The SMILES string of the molecule is CC[C@@H]1NC(=O)[C@H]([C@H](O)[C@H](C)Cc2nc3ccccc3s2)N(C)C(=O)[C@H](C(C)C)N(C)C(=O)[C@H](CC(C)C)N(C)C(=O)[C@H](CC(C)C)N(C)C(=O)[C@@H](C)NC(=O)[C@H](C)NC(=O)[C@H](CC(C)C)N(C)C(=O)[C@H](C(C)C)NC(=O)[C@H](CC(C)C)N(C)C(=O)CN(C)C1=O. The first-order valence-corrected chi connectivity index (χ1v) is 33.1. The largest absolute Gasteiger partial charge is 0.390 e. The van der Waals surface area contributed by atoms with Gasteiger partial charge in [-0.05, 0) is 99.5 Å². The summed E-state index contributed by atoms with van der Waals surface area (Å²) in [5, 5.41) is 24.2. The van der Waals surface area contributed by atoms with Crippen LogP contribution >= 0.6 is 11.3 Å². The molecular formula is C66H110N12O12S. The number of likely N-dealkylation sites (N-methyl/N-ethyl adjacent to an activating group) is 7. The molecule has 1 saturated heterocycles. The van der Waals surface area contributed by atoms with E-state index in [1.165, 1.54) is 99.0 Å². The highest BCUT2D eigenvalue weighted by Gasteiger charge is 2.46. The summed E-state index contributed by atoms with van der Waals surface area (Å²) in [5.41, 5.74) is 0.748. The molecule has 2 aromatic rings. The average Bonchev–Trinajstić information content (AvgIpc) is 1.70. The van der Waals surface area contributed by atoms with E-state index >= 15 is 19.2 Å². The number of carbonyl (C=O) groups excluding carboxylic acids is 11. The molecule has 12 atom stereocenters. The van der Waals surface area contributed by atoms with Crippen LogP contribution in [0, 0.1) is 41.4 Å². The Morgan fingerprint density at radius 2 is 0.945 bits per heavy atom. The molecule has 0 unspecified atom stereocenters. The van der Waals surface area contributed by atoms with Gasteiger partial charge in [-0.15, -0.1) is 11.3 Å². The first kappa shape index (κ1) is 78.5. The molecule has 3 rings (SSSR count). The lowest BCUT2D eigenvalue weighted by Gasteiger charge is -2.41. The quantitative estimate of drug-likeness (QED) is 0.168. The summed E-state index contributed by atoms with van der Waals surface area (Å²) in [4.78, 5) is 175. The summed E-state index contributed by atoms with van der Waals surface area (Å²) in [5.74, 6) is -10.0. The van der Waals surface area contributed by atoms with Crippen molar-refractivity contribution in [1.29, 1.82) is 0 Å². The van der Waals surface area contributed by atoms with Gasteiger partial charge in [-0.25, -0.2) is 4.98 Å². The van der Waals surface area contributed by atoms with Gasteiger partial charge in [0.1, 0.15) is 60.4 Å². The van der Waals surface area contributed by atoms with Crippen molar-refractivity contribution in [3.05, 3.63) is 29.3 Å². The Labute approximate surface area is 545 Å². The van der Waals surface area contributed by atoms with Crippen LogP contribution in [0.5, 0.6) is 0 Å². The van der Waals surface area contributed by atoms with Gasteiger partial charge in [0.05, 0.1) is 27.9 Å². The lowest BCUT2D eigenvalue weighted by Crippen LogP contribution is -2.63. The van der Waals surface area contributed by atoms with Crippen LogP contribution in [0.2, 0.25) is 0 Å². The third-order valence-corrected chi connectivity index (χ3v) is 18.2. The molecule has 0 aliphatic carbocycles. The minimum atomic E-state index is -1.68. The van der Waals surface area contributed by atoms with E-state index in [0.717, 1.165) is 20.0 Å². The Hall–Kier alpha value is -6.76. The molecule has 91 heavy (non-hydrogen) atoms. The minimum absolute atomic E-state index is 0.00217. The number of hydrogen-bond donors (Lipinski definition) is 5. The van der Waals surface area contributed by atoms with Crippen LogP contribution in [-0.4, -0.2) is 232 Å². The molecule has 1 aromatic heterocycles. The maximum Gasteiger partial charge on any atom is 0.246 e. The molecular weight excluding hydrogens is 1180 g/mol. The maximum atomic E-state index is 15.4. The first-order valence-electron chi connectivity index (χ1n) is 32.3. The third kappa shape index (κ3) is 20.9. The Balaban J connectivity index is 2.31. The molecule has 0 saturated carbocycles. The van der Waals surface area contributed by atoms with E-state index in [1.807, 2.05) is 79.7 Å². The fraction of sp³-hybridized carbons (Fsp3) is 0.727. The Bertz CT molecular complexity index is 2830. The zero-order valence-electron chi connectivity index (χ0n) is 58.6. The van der Waals surface area contributed by atoms with Gasteiger partial charge in [0.15, 0.2) is 0 Å². The van der Waals surface area contributed by atoms with Crippen molar-refractivity contribution in [1.82, 2.24) is 60.6 Å². The highest BCUT2D eigenvalue weighted by molar-refractivity contribution is 7.18. The van der Waals surface area contributed by atoms with Crippen molar-refractivity contribution in [2.75, 3.05) is 55.9 Å². The van der Waals surface area contributed by atoms with E-state index in [0.29, 0.717) is 5.01 Å². The highest BCUT2D eigenvalue weighted by Crippen LogP contribution is 2.28. The highest BCUT2D eigenvalue weighted by atomic mass is 32.1. The van der Waals surface area contributed by atoms with E-state index in [1.54, 1.807) is 41.5 Å². The fourth-order valence-corrected chi connectivity index (χ4v) is 12.7. The lowest BCUT2D eigenvalue weighted by molar-refractivity contribution is -0.157. The zero-order valence-corrected chi connectivity index (χ0v) is 59.4. The van der Waals surface area contributed by atoms with Gasteiger partial charge in [-0.2, -0.15) is 0 Å². The molecule has 0 radical (unpaired) electrons. The molecule has 2 heterocycles. The Morgan fingerprint density at radius 1 is 0.495 bits per heavy atom. The number of aromatic nitrogens is 1. The van der Waals surface area contributed by atoms with E-state index in [4.69, 9.17) is 4.98 Å². The topological polar surface area (TPSA) is 292 Å². The molecule has 1 aliphatic rings.